The molecule has 0 unspecified atom stereocenters. The summed E-state index contributed by atoms with van der Waals surface area (Å²) < 4.78 is 22.6. The van der Waals surface area contributed by atoms with Crippen molar-refractivity contribution < 1.29 is 8.42 Å². The molecule has 19 heavy (non-hydrogen) atoms. The molecule has 0 atom stereocenters. The van der Waals surface area contributed by atoms with Crippen LogP contribution in [0.4, 0.5) is 0 Å². The zero-order valence-corrected chi connectivity index (χ0v) is 13.1. The van der Waals surface area contributed by atoms with Gasteiger partial charge in [0.2, 0.25) is 0 Å². The topological polar surface area (TPSA) is 57.9 Å². The Kier molecular flexibility index (Phi) is 5.45. The van der Waals surface area contributed by atoms with Crippen LogP contribution in [0.3, 0.4) is 0 Å². The summed E-state index contributed by atoms with van der Waals surface area (Å²) in [6, 6.07) is 9.22. The van der Waals surface area contributed by atoms with Crippen LogP contribution >= 0.6 is 11.8 Å². The van der Waals surface area contributed by atoms with Gasteiger partial charge in [0.05, 0.1) is 16.4 Å². The van der Waals surface area contributed by atoms with Gasteiger partial charge in [-0.25, -0.2) is 8.42 Å². The fourth-order valence-corrected chi connectivity index (χ4v) is 3.03. The third-order valence-electron chi connectivity index (χ3n) is 2.77. The molecule has 1 aromatic rings. The van der Waals surface area contributed by atoms with Gasteiger partial charge in [-0.05, 0) is 56.7 Å². The standard InChI is InChI=1S/C14H19NO2S2/c1-14(2,11-15)9-4-10-18-12-5-7-13(8-6-12)19(3,16)17/h5-8H,4,9-10H2,1-3H3. The maximum Gasteiger partial charge on any atom is 0.175 e. The van der Waals surface area contributed by atoms with Gasteiger partial charge < -0.3 is 0 Å². The monoisotopic (exact) mass is 297 g/mol. The zero-order valence-electron chi connectivity index (χ0n) is 11.5. The van der Waals surface area contributed by atoms with Gasteiger partial charge in [-0.15, -0.1) is 11.8 Å². The molecule has 3 nitrogen and oxygen atoms in total. The summed E-state index contributed by atoms with van der Waals surface area (Å²) in [5.41, 5.74) is -0.263. The maximum atomic E-state index is 11.3. The van der Waals surface area contributed by atoms with E-state index in [2.05, 4.69) is 6.07 Å². The van der Waals surface area contributed by atoms with Gasteiger partial charge in [0.15, 0.2) is 9.84 Å². The second kappa shape index (κ2) is 6.44. The first-order chi connectivity index (χ1) is 8.74. The highest BCUT2D eigenvalue weighted by molar-refractivity contribution is 7.99. The number of nitrogens with zero attached hydrogens (tertiary/aromatic N) is 1. The summed E-state index contributed by atoms with van der Waals surface area (Å²) in [6.45, 7) is 3.89. The van der Waals surface area contributed by atoms with Gasteiger partial charge in [-0.2, -0.15) is 5.26 Å². The Morgan fingerprint density at radius 1 is 1.26 bits per heavy atom. The Bertz CT molecular complexity index is 554. The van der Waals surface area contributed by atoms with E-state index in [1.165, 1.54) is 6.26 Å². The highest BCUT2D eigenvalue weighted by Gasteiger charge is 2.15. The summed E-state index contributed by atoms with van der Waals surface area (Å²) in [4.78, 5) is 1.41. The van der Waals surface area contributed by atoms with E-state index < -0.39 is 9.84 Å². The molecule has 0 aliphatic carbocycles. The second-order valence-electron chi connectivity index (χ2n) is 5.19. The van der Waals surface area contributed by atoms with Crippen LogP contribution in [0.15, 0.2) is 34.1 Å². The molecule has 0 bridgehead atoms. The Hall–Kier alpha value is -0.990. The molecule has 0 N–H and O–H groups in total. The van der Waals surface area contributed by atoms with Crippen molar-refractivity contribution in [2.75, 3.05) is 12.0 Å². The van der Waals surface area contributed by atoms with E-state index in [-0.39, 0.29) is 5.41 Å². The number of benzene rings is 1. The smallest absolute Gasteiger partial charge is 0.175 e. The molecule has 0 saturated heterocycles. The quantitative estimate of drug-likeness (QED) is 0.595. The second-order valence-corrected chi connectivity index (χ2v) is 8.38. The SMILES string of the molecule is CC(C)(C#N)CCCSc1ccc(S(C)(=O)=O)cc1. The van der Waals surface area contributed by atoms with Crippen LogP contribution < -0.4 is 0 Å². The third-order valence-corrected chi connectivity index (χ3v) is 5.00. The largest absolute Gasteiger partial charge is 0.224 e. The highest BCUT2D eigenvalue weighted by Crippen LogP contribution is 2.25. The summed E-state index contributed by atoms with van der Waals surface area (Å²) in [5, 5.41) is 8.90. The summed E-state index contributed by atoms with van der Waals surface area (Å²) >= 11 is 1.69. The fourth-order valence-electron chi connectivity index (χ4n) is 1.54. The van der Waals surface area contributed by atoms with Crippen LogP contribution in [0.1, 0.15) is 26.7 Å². The van der Waals surface area contributed by atoms with E-state index in [4.69, 9.17) is 5.26 Å². The van der Waals surface area contributed by atoms with Gasteiger partial charge in [-0.3, -0.25) is 0 Å². The molecule has 0 fully saturated rings. The number of thioether (sulfide) groups is 1. The van der Waals surface area contributed by atoms with Gasteiger partial charge in [0.25, 0.3) is 0 Å². The molecule has 0 aliphatic rings. The molecule has 0 spiro atoms. The Morgan fingerprint density at radius 2 is 1.84 bits per heavy atom. The van der Waals surface area contributed by atoms with Gasteiger partial charge in [0, 0.05) is 11.2 Å². The van der Waals surface area contributed by atoms with Crippen molar-refractivity contribution in [3.63, 3.8) is 0 Å². The molecule has 0 aliphatic heterocycles. The van der Waals surface area contributed by atoms with Crippen LogP contribution in [-0.2, 0) is 9.84 Å². The van der Waals surface area contributed by atoms with Crippen molar-refractivity contribution in [2.45, 2.75) is 36.5 Å². The molecule has 1 rings (SSSR count). The van der Waals surface area contributed by atoms with E-state index in [1.807, 2.05) is 26.0 Å². The highest BCUT2D eigenvalue weighted by atomic mass is 32.2. The maximum absolute atomic E-state index is 11.3. The minimum atomic E-state index is -3.11. The molecular formula is C14H19NO2S2. The van der Waals surface area contributed by atoms with Gasteiger partial charge in [0.1, 0.15) is 0 Å². The van der Waals surface area contributed by atoms with Crippen molar-refractivity contribution in [1.29, 1.82) is 5.26 Å². The summed E-state index contributed by atoms with van der Waals surface area (Å²) in [7, 11) is -3.11. The molecular weight excluding hydrogens is 278 g/mol. The average Bonchev–Trinajstić information content (AvgIpc) is 2.34. The van der Waals surface area contributed by atoms with Gasteiger partial charge >= 0.3 is 0 Å². The number of hydrogen-bond acceptors (Lipinski definition) is 4. The molecule has 0 amide bonds. The minimum Gasteiger partial charge on any atom is -0.224 e. The number of hydrogen-bond donors (Lipinski definition) is 0. The first-order valence-electron chi connectivity index (χ1n) is 6.09. The fraction of sp³-hybridized carbons (Fsp3) is 0.500. The predicted molar refractivity (Wildman–Crippen MR) is 78.9 cm³/mol. The zero-order chi connectivity index (χ0) is 14.5. The van der Waals surface area contributed by atoms with E-state index in [9.17, 15) is 8.42 Å². The van der Waals surface area contributed by atoms with E-state index in [0.717, 1.165) is 23.5 Å². The first kappa shape index (κ1) is 16.1. The number of sulfone groups is 1. The van der Waals surface area contributed by atoms with Crippen molar-refractivity contribution in [3.05, 3.63) is 24.3 Å². The van der Waals surface area contributed by atoms with E-state index in [0.29, 0.717) is 4.90 Å². The van der Waals surface area contributed by atoms with Crippen molar-refractivity contribution in [2.24, 2.45) is 5.41 Å². The lowest BCUT2D eigenvalue weighted by molar-refractivity contribution is 0.448. The van der Waals surface area contributed by atoms with Gasteiger partial charge in [-0.1, -0.05) is 0 Å². The minimum absolute atomic E-state index is 0.263. The van der Waals surface area contributed by atoms with E-state index in [1.54, 1.807) is 23.9 Å². The molecule has 0 saturated carbocycles. The summed E-state index contributed by atoms with van der Waals surface area (Å²) in [5.74, 6) is 0.934. The van der Waals surface area contributed by atoms with Crippen LogP contribution in [0.25, 0.3) is 0 Å². The van der Waals surface area contributed by atoms with Crippen LogP contribution in [0, 0.1) is 16.7 Å². The van der Waals surface area contributed by atoms with Crippen molar-refractivity contribution in [1.82, 2.24) is 0 Å². The summed E-state index contributed by atoms with van der Waals surface area (Å²) in [6.07, 6.45) is 3.05. The Morgan fingerprint density at radius 3 is 2.32 bits per heavy atom. The van der Waals surface area contributed by atoms with Crippen molar-refractivity contribution in [3.8, 4) is 6.07 Å². The van der Waals surface area contributed by atoms with Crippen LogP contribution in [0.2, 0.25) is 0 Å². The van der Waals surface area contributed by atoms with E-state index >= 15 is 0 Å². The number of rotatable bonds is 6. The molecule has 0 heterocycles. The lowest BCUT2D eigenvalue weighted by Crippen LogP contribution is -2.07. The lowest BCUT2D eigenvalue weighted by atomic mass is 9.90. The predicted octanol–water partition coefficient (Wildman–Crippen LogP) is 3.51. The van der Waals surface area contributed by atoms with Crippen LogP contribution in [-0.4, -0.2) is 20.4 Å². The Balaban J connectivity index is 2.46. The molecule has 0 aromatic heterocycles. The number of nitriles is 1. The molecule has 5 heteroatoms. The van der Waals surface area contributed by atoms with Crippen LogP contribution in [0.5, 0.6) is 0 Å². The lowest BCUT2D eigenvalue weighted by Gasteiger charge is -2.14. The molecule has 0 radical (unpaired) electrons. The van der Waals surface area contributed by atoms with Crippen molar-refractivity contribution >= 4 is 21.6 Å². The average molecular weight is 297 g/mol. The normalized spacial score (nSPS) is 12.1. The first-order valence-corrected chi connectivity index (χ1v) is 8.96. The third kappa shape index (κ3) is 5.66. The Labute approximate surface area is 119 Å². The molecule has 1 aromatic carbocycles. The molecule has 104 valence electrons.